The van der Waals surface area contributed by atoms with Crippen molar-refractivity contribution in [2.45, 2.75) is 19.2 Å². The molecule has 88 valence electrons. The van der Waals surface area contributed by atoms with E-state index in [9.17, 15) is 18.0 Å². The number of carbonyl (C=O) groups is 1. The molecule has 0 aliphatic heterocycles. The zero-order valence-electron chi connectivity index (χ0n) is 8.28. The van der Waals surface area contributed by atoms with Crippen LogP contribution in [0.5, 0.6) is 5.75 Å². The molecule has 1 N–H and O–H groups in total. The first-order valence-electron chi connectivity index (χ1n) is 4.38. The smallest absolute Gasteiger partial charge is 0.419 e. The number of ether oxygens (including phenoxy) is 1. The number of rotatable bonds is 3. The summed E-state index contributed by atoms with van der Waals surface area (Å²) in [5, 5.41) is 8.53. The number of aliphatic carboxylic acids is 1. The van der Waals surface area contributed by atoms with Crippen molar-refractivity contribution >= 4 is 5.97 Å². The number of para-hydroxylation sites is 1. The van der Waals surface area contributed by atoms with Crippen molar-refractivity contribution in [2.24, 2.45) is 0 Å². The largest absolute Gasteiger partial charge is 0.479 e. The van der Waals surface area contributed by atoms with Crippen molar-refractivity contribution in [1.29, 1.82) is 0 Å². The molecule has 1 atom stereocenters. The van der Waals surface area contributed by atoms with Crippen LogP contribution in [0.4, 0.5) is 13.2 Å². The lowest BCUT2D eigenvalue weighted by Crippen LogP contribution is -2.24. The molecule has 0 aliphatic carbocycles. The number of halogens is 3. The van der Waals surface area contributed by atoms with Gasteiger partial charge in [0.2, 0.25) is 0 Å². The third kappa shape index (κ3) is 2.88. The average molecular weight is 234 g/mol. The van der Waals surface area contributed by atoms with Crippen LogP contribution < -0.4 is 4.74 Å². The lowest BCUT2D eigenvalue weighted by molar-refractivity contribution is -0.147. The molecule has 0 fully saturated rings. The molecule has 16 heavy (non-hydrogen) atoms. The summed E-state index contributed by atoms with van der Waals surface area (Å²) in [7, 11) is 0. The SMILES string of the molecule is C[C@H](Oc1ccccc1C(F)(F)F)C(=O)O. The van der Waals surface area contributed by atoms with Crippen LogP contribution in [-0.4, -0.2) is 17.2 Å². The van der Waals surface area contributed by atoms with Gasteiger partial charge < -0.3 is 9.84 Å². The lowest BCUT2D eigenvalue weighted by Gasteiger charge is -2.15. The Bertz CT molecular complexity index is 387. The van der Waals surface area contributed by atoms with E-state index >= 15 is 0 Å². The predicted octanol–water partition coefficient (Wildman–Crippen LogP) is 2.56. The van der Waals surface area contributed by atoms with Crippen molar-refractivity contribution in [3.8, 4) is 5.75 Å². The first-order valence-corrected chi connectivity index (χ1v) is 4.38. The number of hydrogen-bond acceptors (Lipinski definition) is 2. The van der Waals surface area contributed by atoms with Crippen LogP contribution in [0.3, 0.4) is 0 Å². The number of benzene rings is 1. The lowest BCUT2D eigenvalue weighted by atomic mass is 10.2. The van der Waals surface area contributed by atoms with E-state index in [4.69, 9.17) is 9.84 Å². The molecule has 0 spiro atoms. The normalized spacial score (nSPS) is 13.2. The van der Waals surface area contributed by atoms with Gasteiger partial charge in [-0.2, -0.15) is 13.2 Å². The Balaban J connectivity index is 3.01. The Hall–Kier alpha value is -1.72. The molecule has 0 aromatic heterocycles. The third-order valence-corrected chi connectivity index (χ3v) is 1.84. The summed E-state index contributed by atoms with van der Waals surface area (Å²) in [6.07, 6.45) is -5.89. The summed E-state index contributed by atoms with van der Waals surface area (Å²) in [5.74, 6) is -1.80. The molecule has 0 saturated carbocycles. The van der Waals surface area contributed by atoms with Gasteiger partial charge in [0.15, 0.2) is 6.10 Å². The molecule has 6 heteroatoms. The minimum absolute atomic E-state index is 0.482. The van der Waals surface area contributed by atoms with Gasteiger partial charge in [-0.3, -0.25) is 0 Å². The van der Waals surface area contributed by atoms with Gasteiger partial charge >= 0.3 is 12.1 Å². The molecule has 0 unspecified atom stereocenters. The number of hydrogen-bond donors (Lipinski definition) is 1. The van der Waals surface area contributed by atoms with Crippen LogP contribution in [0.2, 0.25) is 0 Å². The van der Waals surface area contributed by atoms with Gasteiger partial charge in [0.05, 0.1) is 5.56 Å². The minimum Gasteiger partial charge on any atom is -0.479 e. The van der Waals surface area contributed by atoms with Crippen LogP contribution in [0.25, 0.3) is 0 Å². The highest BCUT2D eigenvalue weighted by molar-refractivity contribution is 5.72. The average Bonchev–Trinajstić information content (AvgIpc) is 2.16. The third-order valence-electron chi connectivity index (χ3n) is 1.84. The zero-order chi connectivity index (χ0) is 12.3. The second-order valence-corrected chi connectivity index (χ2v) is 3.09. The Labute approximate surface area is 89.5 Å². The zero-order valence-corrected chi connectivity index (χ0v) is 8.28. The Morgan fingerprint density at radius 3 is 2.44 bits per heavy atom. The molecule has 0 saturated heterocycles. The highest BCUT2D eigenvalue weighted by Crippen LogP contribution is 2.36. The molecule has 0 bridgehead atoms. The van der Waals surface area contributed by atoms with Crippen LogP contribution in [0.15, 0.2) is 24.3 Å². The van der Waals surface area contributed by atoms with Crippen molar-refractivity contribution in [3.63, 3.8) is 0 Å². The maximum Gasteiger partial charge on any atom is 0.419 e. The summed E-state index contributed by atoms with van der Waals surface area (Å²) >= 11 is 0. The monoisotopic (exact) mass is 234 g/mol. The molecule has 0 heterocycles. The summed E-state index contributed by atoms with van der Waals surface area (Å²) in [6, 6.07) is 4.48. The topological polar surface area (TPSA) is 46.5 Å². The fourth-order valence-corrected chi connectivity index (χ4v) is 1.04. The molecular weight excluding hydrogens is 225 g/mol. The van der Waals surface area contributed by atoms with E-state index in [1.54, 1.807) is 0 Å². The molecular formula is C10H9F3O3. The molecule has 0 radical (unpaired) electrons. The van der Waals surface area contributed by atoms with Gasteiger partial charge in [0.1, 0.15) is 5.75 Å². The van der Waals surface area contributed by atoms with E-state index in [1.807, 2.05) is 0 Å². The van der Waals surface area contributed by atoms with Crippen LogP contribution in [0, 0.1) is 0 Å². The van der Waals surface area contributed by atoms with E-state index in [1.165, 1.54) is 12.1 Å². The molecule has 3 nitrogen and oxygen atoms in total. The Kier molecular flexibility index (Phi) is 3.41. The predicted molar refractivity (Wildman–Crippen MR) is 49.2 cm³/mol. The number of alkyl halides is 3. The van der Waals surface area contributed by atoms with E-state index in [2.05, 4.69) is 0 Å². The van der Waals surface area contributed by atoms with Crippen LogP contribution in [0.1, 0.15) is 12.5 Å². The van der Waals surface area contributed by atoms with E-state index in [0.717, 1.165) is 19.1 Å². The van der Waals surface area contributed by atoms with E-state index < -0.39 is 29.6 Å². The Morgan fingerprint density at radius 1 is 1.38 bits per heavy atom. The highest BCUT2D eigenvalue weighted by atomic mass is 19.4. The molecule has 1 aromatic carbocycles. The highest BCUT2D eigenvalue weighted by Gasteiger charge is 2.34. The van der Waals surface area contributed by atoms with Crippen LogP contribution in [-0.2, 0) is 11.0 Å². The summed E-state index contributed by atoms with van der Waals surface area (Å²) in [5.41, 5.74) is -0.983. The van der Waals surface area contributed by atoms with Crippen molar-refractivity contribution in [3.05, 3.63) is 29.8 Å². The summed E-state index contributed by atoms with van der Waals surface area (Å²) in [4.78, 5) is 10.5. The van der Waals surface area contributed by atoms with Crippen molar-refractivity contribution < 1.29 is 27.8 Å². The van der Waals surface area contributed by atoms with Crippen molar-refractivity contribution in [2.75, 3.05) is 0 Å². The maximum absolute atomic E-state index is 12.5. The van der Waals surface area contributed by atoms with Gasteiger partial charge in [-0.1, -0.05) is 12.1 Å². The second kappa shape index (κ2) is 4.42. The van der Waals surface area contributed by atoms with Gasteiger partial charge in [0, 0.05) is 0 Å². The standard InChI is InChI=1S/C10H9F3O3/c1-6(9(14)15)16-8-5-3-2-4-7(8)10(11,12)13/h2-6H,1H3,(H,14,15)/t6-/m0/s1. The molecule has 1 aromatic rings. The fraction of sp³-hybridized carbons (Fsp3) is 0.300. The first kappa shape index (κ1) is 12.4. The number of carboxylic acid groups (broad SMARTS) is 1. The van der Waals surface area contributed by atoms with Gasteiger partial charge in [-0.15, -0.1) is 0 Å². The van der Waals surface area contributed by atoms with E-state index in [0.29, 0.717) is 0 Å². The summed E-state index contributed by atoms with van der Waals surface area (Å²) in [6.45, 7) is 1.16. The van der Waals surface area contributed by atoms with Crippen LogP contribution >= 0.6 is 0 Å². The molecule has 0 aliphatic rings. The first-order chi connectivity index (χ1) is 7.32. The maximum atomic E-state index is 12.5. The molecule has 1 rings (SSSR count). The van der Waals surface area contributed by atoms with Gasteiger partial charge in [-0.05, 0) is 19.1 Å². The van der Waals surface area contributed by atoms with Crippen molar-refractivity contribution in [1.82, 2.24) is 0 Å². The second-order valence-electron chi connectivity index (χ2n) is 3.09. The van der Waals surface area contributed by atoms with Gasteiger partial charge in [0.25, 0.3) is 0 Å². The molecule has 0 amide bonds. The quantitative estimate of drug-likeness (QED) is 0.874. The fourth-order valence-electron chi connectivity index (χ4n) is 1.04. The number of carboxylic acids is 1. The van der Waals surface area contributed by atoms with Gasteiger partial charge in [-0.25, -0.2) is 4.79 Å². The summed E-state index contributed by atoms with van der Waals surface area (Å²) < 4.78 is 42.1. The van der Waals surface area contributed by atoms with E-state index in [-0.39, 0.29) is 0 Å². The minimum atomic E-state index is -4.56. The Morgan fingerprint density at radius 2 is 1.94 bits per heavy atom.